The summed E-state index contributed by atoms with van der Waals surface area (Å²) >= 11 is 6.20. The maximum atomic E-state index is 13.9. The molecule has 0 saturated carbocycles. The molecule has 3 rings (SSSR count). The van der Waals surface area contributed by atoms with Gasteiger partial charge in [0, 0.05) is 55.9 Å². The van der Waals surface area contributed by atoms with E-state index in [0.29, 0.717) is 48.1 Å². The molecule has 0 aromatic heterocycles. The largest absolute Gasteiger partial charge is 0.395 e. The number of aliphatic hydroxyl groups excluding tert-OH is 1. The second-order valence-corrected chi connectivity index (χ2v) is 9.01. The molecular weight excluding hydrogens is 488 g/mol. The fourth-order valence-corrected chi connectivity index (χ4v) is 4.00. The monoisotopic (exact) mass is 516 g/mol. The number of aliphatic hydroxyl groups is 1. The smallest absolute Gasteiger partial charge is 0.390 e. The van der Waals surface area contributed by atoms with Crippen LogP contribution in [0.1, 0.15) is 29.3 Å². The standard InChI is InChI=1S/C24H29ClF4N4O2/c1-16(15-34)30-14-17-12-19(26)3-4-20(17)23(35)31-21-5-2-18(25)13-22(21)33-10-8-32(9-11-33)7-6-24(27,28)29/h2-5,12-13,16,30,34H,6-11,14-15H2,1H3,(H,31,35). The molecule has 0 radical (unpaired) electrons. The van der Waals surface area contributed by atoms with Crippen LogP contribution < -0.4 is 15.5 Å². The Morgan fingerprint density at radius 1 is 1.14 bits per heavy atom. The van der Waals surface area contributed by atoms with Crippen molar-refractivity contribution in [1.29, 1.82) is 0 Å². The molecule has 192 valence electrons. The van der Waals surface area contributed by atoms with Crippen molar-refractivity contribution in [3.63, 3.8) is 0 Å². The molecule has 11 heteroatoms. The average Bonchev–Trinajstić information content (AvgIpc) is 2.82. The summed E-state index contributed by atoms with van der Waals surface area (Å²) in [7, 11) is 0. The van der Waals surface area contributed by atoms with E-state index in [1.54, 1.807) is 30.0 Å². The molecule has 1 unspecified atom stereocenters. The summed E-state index contributed by atoms with van der Waals surface area (Å²) in [6.45, 7) is 3.66. The van der Waals surface area contributed by atoms with Gasteiger partial charge in [0.1, 0.15) is 5.82 Å². The highest BCUT2D eigenvalue weighted by Gasteiger charge is 2.29. The Bertz CT molecular complexity index is 1010. The van der Waals surface area contributed by atoms with Gasteiger partial charge < -0.3 is 20.6 Å². The van der Waals surface area contributed by atoms with E-state index in [0.717, 1.165) is 0 Å². The SMILES string of the molecule is CC(CO)NCc1cc(F)ccc1C(=O)Nc1ccc(Cl)cc1N1CCN(CCC(F)(F)F)CC1. The Hall–Kier alpha value is -2.40. The van der Waals surface area contributed by atoms with Gasteiger partial charge in [-0.15, -0.1) is 0 Å². The number of carbonyl (C=O) groups excluding carboxylic acids is 1. The van der Waals surface area contributed by atoms with Crippen LogP contribution in [0.25, 0.3) is 0 Å². The number of hydrogen-bond donors (Lipinski definition) is 3. The first-order chi connectivity index (χ1) is 16.6. The first-order valence-electron chi connectivity index (χ1n) is 11.3. The second-order valence-electron chi connectivity index (χ2n) is 8.58. The predicted molar refractivity (Wildman–Crippen MR) is 129 cm³/mol. The van der Waals surface area contributed by atoms with Crippen molar-refractivity contribution in [3.8, 4) is 0 Å². The highest BCUT2D eigenvalue weighted by Crippen LogP contribution is 2.31. The Kier molecular flexibility index (Phi) is 9.34. The third-order valence-corrected chi connectivity index (χ3v) is 6.09. The molecule has 2 aromatic carbocycles. The normalized spacial score (nSPS) is 15.8. The molecule has 1 atom stereocenters. The van der Waals surface area contributed by atoms with Gasteiger partial charge in [-0.1, -0.05) is 11.6 Å². The first-order valence-corrected chi connectivity index (χ1v) is 11.7. The van der Waals surface area contributed by atoms with Gasteiger partial charge in [0.25, 0.3) is 5.91 Å². The maximum Gasteiger partial charge on any atom is 0.390 e. The molecule has 1 heterocycles. The Labute approximate surface area is 206 Å². The maximum absolute atomic E-state index is 13.9. The van der Waals surface area contributed by atoms with Crippen LogP contribution in [0.4, 0.5) is 28.9 Å². The van der Waals surface area contributed by atoms with Gasteiger partial charge in [0.05, 0.1) is 24.4 Å². The van der Waals surface area contributed by atoms with Crippen molar-refractivity contribution in [3.05, 3.63) is 58.4 Å². The topological polar surface area (TPSA) is 67.8 Å². The van der Waals surface area contributed by atoms with Gasteiger partial charge in [-0.3, -0.25) is 9.69 Å². The van der Waals surface area contributed by atoms with Gasteiger partial charge >= 0.3 is 6.18 Å². The minimum Gasteiger partial charge on any atom is -0.395 e. The van der Waals surface area contributed by atoms with Gasteiger partial charge in [0.15, 0.2) is 0 Å². The lowest BCUT2D eigenvalue weighted by molar-refractivity contribution is -0.138. The van der Waals surface area contributed by atoms with Gasteiger partial charge in [0.2, 0.25) is 0 Å². The molecule has 1 amide bonds. The van der Waals surface area contributed by atoms with E-state index in [2.05, 4.69) is 10.6 Å². The number of rotatable bonds is 9. The molecule has 0 bridgehead atoms. The first kappa shape index (κ1) is 27.2. The molecule has 1 fully saturated rings. The van der Waals surface area contributed by atoms with Crippen molar-refractivity contribution in [2.75, 3.05) is 49.5 Å². The highest BCUT2D eigenvalue weighted by atomic mass is 35.5. The average molecular weight is 517 g/mol. The lowest BCUT2D eigenvalue weighted by Gasteiger charge is -2.37. The van der Waals surface area contributed by atoms with Crippen molar-refractivity contribution in [1.82, 2.24) is 10.2 Å². The quantitative estimate of drug-likeness (QED) is 0.434. The van der Waals surface area contributed by atoms with Gasteiger partial charge in [-0.2, -0.15) is 13.2 Å². The summed E-state index contributed by atoms with van der Waals surface area (Å²) < 4.78 is 51.5. The molecule has 1 saturated heterocycles. The second kappa shape index (κ2) is 12.0. The summed E-state index contributed by atoms with van der Waals surface area (Å²) in [6, 6.07) is 8.66. The van der Waals surface area contributed by atoms with Crippen LogP contribution in [0.5, 0.6) is 0 Å². The number of piperazine rings is 1. The van der Waals surface area contributed by atoms with E-state index in [-0.39, 0.29) is 31.3 Å². The van der Waals surface area contributed by atoms with Gasteiger partial charge in [-0.05, 0) is 48.9 Å². The lowest BCUT2D eigenvalue weighted by atomic mass is 10.1. The summed E-state index contributed by atoms with van der Waals surface area (Å²) in [5, 5.41) is 15.6. The fraction of sp³-hybridized carbons (Fsp3) is 0.458. The van der Waals surface area contributed by atoms with Crippen molar-refractivity contribution >= 4 is 28.9 Å². The number of nitrogens with one attached hydrogen (secondary N) is 2. The van der Waals surface area contributed by atoms with Crippen LogP contribution in [0.2, 0.25) is 5.02 Å². The number of alkyl halides is 3. The van der Waals surface area contributed by atoms with Gasteiger partial charge in [-0.25, -0.2) is 4.39 Å². The number of halogens is 5. The van der Waals surface area contributed by atoms with Crippen molar-refractivity contribution in [2.45, 2.75) is 32.1 Å². The van der Waals surface area contributed by atoms with Crippen LogP contribution in [-0.2, 0) is 6.54 Å². The molecule has 0 aliphatic carbocycles. The van der Waals surface area contributed by atoms with E-state index in [1.165, 1.54) is 18.2 Å². The van der Waals surface area contributed by atoms with Crippen molar-refractivity contribution < 1.29 is 27.5 Å². The van der Waals surface area contributed by atoms with E-state index >= 15 is 0 Å². The molecule has 6 nitrogen and oxygen atoms in total. The summed E-state index contributed by atoms with van der Waals surface area (Å²) in [4.78, 5) is 16.9. The zero-order chi connectivity index (χ0) is 25.6. The van der Waals surface area contributed by atoms with E-state index in [4.69, 9.17) is 11.6 Å². The van der Waals surface area contributed by atoms with E-state index in [9.17, 15) is 27.5 Å². The van der Waals surface area contributed by atoms with Crippen LogP contribution in [0.15, 0.2) is 36.4 Å². The summed E-state index contributed by atoms with van der Waals surface area (Å²) in [6.07, 6.45) is -5.04. The number of hydrogen-bond acceptors (Lipinski definition) is 5. The minimum atomic E-state index is -4.19. The molecule has 35 heavy (non-hydrogen) atoms. The molecule has 2 aromatic rings. The van der Waals surface area contributed by atoms with E-state index in [1.807, 2.05) is 4.90 Å². The minimum absolute atomic E-state index is 0.0489. The number of amides is 1. The number of benzene rings is 2. The zero-order valence-electron chi connectivity index (χ0n) is 19.3. The molecule has 0 spiro atoms. The third-order valence-electron chi connectivity index (χ3n) is 5.86. The van der Waals surface area contributed by atoms with Crippen molar-refractivity contribution in [2.24, 2.45) is 0 Å². The third kappa shape index (κ3) is 8.06. The zero-order valence-corrected chi connectivity index (χ0v) is 20.1. The Morgan fingerprint density at radius 3 is 2.51 bits per heavy atom. The summed E-state index contributed by atoms with van der Waals surface area (Å²) in [5.74, 6) is -0.920. The van der Waals surface area contributed by atoms with Crippen LogP contribution in [-0.4, -0.2) is 67.5 Å². The number of anilines is 2. The van der Waals surface area contributed by atoms with Crippen LogP contribution in [0.3, 0.4) is 0 Å². The molecular formula is C24H29ClF4N4O2. The Balaban J connectivity index is 1.73. The lowest BCUT2D eigenvalue weighted by Crippen LogP contribution is -2.47. The highest BCUT2D eigenvalue weighted by molar-refractivity contribution is 6.31. The summed E-state index contributed by atoms with van der Waals surface area (Å²) in [5.41, 5.74) is 1.88. The van der Waals surface area contributed by atoms with E-state index < -0.39 is 24.3 Å². The van der Waals surface area contributed by atoms with Crippen LogP contribution >= 0.6 is 11.6 Å². The predicted octanol–water partition coefficient (Wildman–Crippen LogP) is 4.28. The number of nitrogens with zero attached hydrogens (tertiary/aromatic N) is 2. The molecule has 1 aliphatic heterocycles. The Morgan fingerprint density at radius 2 is 1.86 bits per heavy atom. The molecule has 1 aliphatic rings. The molecule has 3 N–H and O–H groups in total. The number of carbonyl (C=O) groups is 1. The van der Waals surface area contributed by atoms with Crippen LogP contribution in [0, 0.1) is 5.82 Å². The fourth-order valence-electron chi connectivity index (χ4n) is 3.84.